The second kappa shape index (κ2) is 9.29. The number of aromatic nitrogens is 1. The number of benzene rings is 2. The Balaban J connectivity index is 1.44. The Kier molecular flexibility index (Phi) is 6.55. The Labute approximate surface area is 176 Å². The van der Waals surface area contributed by atoms with Gasteiger partial charge in [-0.3, -0.25) is 4.90 Å². The summed E-state index contributed by atoms with van der Waals surface area (Å²) in [5.74, 6) is 0. The predicted molar refractivity (Wildman–Crippen MR) is 116 cm³/mol. The minimum atomic E-state index is 0.591. The van der Waals surface area contributed by atoms with E-state index in [0.717, 1.165) is 58.0 Å². The number of hydrogen-bond donors (Lipinski definition) is 1. The molecular formula is C22H25Cl2N3O. The summed E-state index contributed by atoms with van der Waals surface area (Å²) in [4.78, 5) is 2.45. The molecule has 1 aliphatic rings. The van der Waals surface area contributed by atoms with Crippen LogP contribution in [0.4, 0.5) is 0 Å². The molecule has 1 fully saturated rings. The molecule has 28 heavy (non-hydrogen) atoms. The van der Waals surface area contributed by atoms with Gasteiger partial charge < -0.3 is 14.6 Å². The van der Waals surface area contributed by atoms with E-state index in [1.807, 2.05) is 18.2 Å². The highest BCUT2D eigenvalue weighted by atomic mass is 35.5. The molecule has 1 N–H and O–H groups in total. The summed E-state index contributed by atoms with van der Waals surface area (Å²) in [5.41, 5.74) is 3.69. The summed E-state index contributed by atoms with van der Waals surface area (Å²) in [5, 5.41) is 6.08. The number of halogens is 2. The highest BCUT2D eigenvalue weighted by Gasteiger charge is 2.11. The third kappa shape index (κ3) is 4.70. The largest absolute Gasteiger partial charge is 0.379 e. The zero-order valence-electron chi connectivity index (χ0n) is 15.8. The summed E-state index contributed by atoms with van der Waals surface area (Å²) in [6, 6.07) is 14.4. The fourth-order valence-electron chi connectivity index (χ4n) is 3.71. The fourth-order valence-corrected chi connectivity index (χ4v) is 4.03. The van der Waals surface area contributed by atoms with Crippen molar-refractivity contribution in [3.63, 3.8) is 0 Å². The Morgan fingerprint density at radius 1 is 1.00 bits per heavy atom. The minimum absolute atomic E-state index is 0.591. The van der Waals surface area contributed by atoms with Crippen LogP contribution in [0.3, 0.4) is 0 Å². The van der Waals surface area contributed by atoms with Crippen molar-refractivity contribution < 1.29 is 4.74 Å². The Hall–Kier alpha value is -1.56. The van der Waals surface area contributed by atoms with E-state index in [-0.39, 0.29) is 0 Å². The molecule has 0 aliphatic carbocycles. The summed E-state index contributed by atoms with van der Waals surface area (Å²) in [6.07, 6.45) is 2.24. The molecule has 2 aromatic carbocycles. The van der Waals surface area contributed by atoms with Crippen LogP contribution in [-0.4, -0.2) is 48.9 Å². The quantitative estimate of drug-likeness (QED) is 0.576. The van der Waals surface area contributed by atoms with E-state index in [4.69, 9.17) is 27.9 Å². The number of para-hydroxylation sites is 1. The smallest absolute Gasteiger partial charge is 0.0595 e. The maximum absolute atomic E-state index is 6.19. The lowest BCUT2D eigenvalue weighted by Crippen LogP contribution is -2.40. The summed E-state index contributed by atoms with van der Waals surface area (Å²) >= 11 is 12.2. The molecule has 1 aromatic heterocycles. The van der Waals surface area contributed by atoms with Crippen molar-refractivity contribution in [2.75, 3.05) is 39.4 Å². The first kappa shape index (κ1) is 19.7. The molecule has 1 aliphatic heterocycles. The van der Waals surface area contributed by atoms with Crippen LogP contribution >= 0.6 is 23.2 Å². The Morgan fingerprint density at radius 2 is 1.82 bits per heavy atom. The number of hydrogen-bond acceptors (Lipinski definition) is 3. The number of rotatable bonds is 7. The van der Waals surface area contributed by atoms with E-state index >= 15 is 0 Å². The van der Waals surface area contributed by atoms with Gasteiger partial charge in [0, 0.05) is 56.4 Å². The highest BCUT2D eigenvalue weighted by molar-refractivity contribution is 6.42. The maximum Gasteiger partial charge on any atom is 0.0595 e. The standard InChI is InChI=1S/C22H25Cl2N3O/c23-20-6-5-17(13-21(20)24)15-27-16-18(19-3-1-2-4-22(19)27)14-25-7-8-26-9-11-28-12-10-26/h1-6,13,16,25H,7-12,14-15H2. The number of nitrogens with zero attached hydrogens (tertiary/aromatic N) is 2. The van der Waals surface area contributed by atoms with Crippen LogP contribution in [0.5, 0.6) is 0 Å². The van der Waals surface area contributed by atoms with Gasteiger partial charge in [-0.15, -0.1) is 0 Å². The zero-order valence-corrected chi connectivity index (χ0v) is 17.3. The predicted octanol–water partition coefficient (Wildman–Crippen LogP) is 4.42. The SMILES string of the molecule is Clc1ccc(Cn2cc(CNCCN3CCOCC3)c3ccccc32)cc1Cl. The fraction of sp³-hybridized carbons (Fsp3) is 0.364. The highest BCUT2D eigenvalue weighted by Crippen LogP contribution is 2.26. The molecule has 2 heterocycles. The molecule has 0 spiro atoms. The number of fused-ring (bicyclic) bond motifs is 1. The first-order valence-corrected chi connectivity index (χ1v) is 10.5. The summed E-state index contributed by atoms with van der Waals surface area (Å²) < 4.78 is 7.69. The first-order chi connectivity index (χ1) is 13.7. The normalized spacial score (nSPS) is 15.4. The average Bonchev–Trinajstić information content (AvgIpc) is 3.07. The van der Waals surface area contributed by atoms with Gasteiger partial charge >= 0.3 is 0 Å². The average molecular weight is 418 g/mol. The third-order valence-electron chi connectivity index (χ3n) is 5.23. The number of morpholine rings is 1. The number of nitrogens with one attached hydrogen (secondary N) is 1. The molecule has 0 amide bonds. The van der Waals surface area contributed by atoms with Crippen molar-refractivity contribution in [2.45, 2.75) is 13.1 Å². The molecule has 0 atom stereocenters. The van der Waals surface area contributed by atoms with Crippen LogP contribution in [0.2, 0.25) is 10.0 Å². The molecule has 0 unspecified atom stereocenters. The third-order valence-corrected chi connectivity index (χ3v) is 5.97. The summed E-state index contributed by atoms with van der Waals surface area (Å²) in [7, 11) is 0. The van der Waals surface area contributed by atoms with Crippen molar-refractivity contribution in [2.24, 2.45) is 0 Å². The molecular weight excluding hydrogens is 393 g/mol. The van der Waals surface area contributed by atoms with Crippen molar-refractivity contribution in [1.29, 1.82) is 0 Å². The van der Waals surface area contributed by atoms with Crippen LogP contribution in [-0.2, 0) is 17.8 Å². The van der Waals surface area contributed by atoms with Gasteiger partial charge in [0.25, 0.3) is 0 Å². The van der Waals surface area contributed by atoms with Gasteiger partial charge in [-0.05, 0) is 29.3 Å². The van der Waals surface area contributed by atoms with E-state index in [1.54, 1.807) is 0 Å². The van der Waals surface area contributed by atoms with Crippen LogP contribution in [0, 0.1) is 0 Å². The Morgan fingerprint density at radius 3 is 2.64 bits per heavy atom. The molecule has 0 bridgehead atoms. The molecule has 148 valence electrons. The molecule has 1 saturated heterocycles. The molecule has 4 nitrogen and oxygen atoms in total. The van der Waals surface area contributed by atoms with Crippen LogP contribution in [0.1, 0.15) is 11.1 Å². The van der Waals surface area contributed by atoms with Crippen molar-refractivity contribution in [3.05, 3.63) is 69.8 Å². The number of ether oxygens (including phenoxy) is 1. The van der Waals surface area contributed by atoms with Gasteiger partial charge in [-0.25, -0.2) is 0 Å². The van der Waals surface area contributed by atoms with E-state index in [2.05, 4.69) is 45.2 Å². The Bertz CT molecular complexity index is 935. The molecule has 0 radical (unpaired) electrons. The van der Waals surface area contributed by atoms with E-state index in [0.29, 0.717) is 10.0 Å². The molecule has 6 heteroatoms. The van der Waals surface area contributed by atoms with Crippen molar-refractivity contribution >= 4 is 34.1 Å². The van der Waals surface area contributed by atoms with Gasteiger partial charge in [0.15, 0.2) is 0 Å². The summed E-state index contributed by atoms with van der Waals surface area (Å²) in [6.45, 7) is 7.43. The zero-order chi connectivity index (χ0) is 19.3. The van der Waals surface area contributed by atoms with Crippen LogP contribution in [0.25, 0.3) is 10.9 Å². The maximum atomic E-state index is 6.19. The molecule has 4 rings (SSSR count). The second-order valence-electron chi connectivity index (χ2n) is 7.18. The monoisotopic (exact) mass is 417 g/mol. The van der Waals surface area contributed by atoms with Crippen molar-refractivity contribution in [1.82, 2.24) is 14.8 Å². The first-order valence-electron chi connectivity index (χ1n) is 9.72. The lowest BCUT2D eigenvalue weighted by atomic mass is 10.2. The molecule has 3 aromatic rings. The minimum Gasteiger partial charge on any atom is -0.379 e. The van der Waals surface area contributed by atoms with E-state index in [9.17, 15) is 0 Å². The van der Waals surface area contributed by atoms with Gasteiger partial charge in [0.1, 0.15) is 0 Å². The lowest BCUT2D eigenvalue weighted by Gasteiger charge is -2.26. The second-order valence-corrected chi connectivity index (χ2v) is 7.99. The van der Waals surface area contributed by atoms with Crippen LogP contribution < -0.4 is 5.32 Å². The van der Waals surface area contributed by atoms with Gasteiger partial charge in [0.2, 0.25) is 0 Å². The molecule has 0 saturated carbocycles. The van der Waals surface area contributed by atoms with E-state index in [1.165, 1.54) is 16.5 Å². The van der Waals surface area contributed by atoms with E-state index < -0.39 is 0 Å². The van der Waals surface area contributed by atoms with Gasteiger partial charge in [0.05, 0.1) is 23.3 Å². The van der Waals surface area contributed by atoms with Crippen LogP contribution in [0.15, 0.2) is 48.7 Å². The van der Waals surface area contributed by atoms with Gasteiger partial charge in [-0.1, -0.05) is 47.5 Å². The van der Waals surface area contributed by atoms with Crippen molar-refractivity contribution in [3.8, 4) is 0 Å². The van der Waals surface area contributed by atoms with Gasteiger partial charge in [-0.2, -0.15) is 0 Å². The lowest BCUT2D eigenvalue weighted by molar-refractivity contribution is 0.0384. The topological polar surface area (TPSA) is 29.4 Å².